The molecule has 0 spiro atoms. The van der Waals surface area contributed by atoms with Gasteiger partial charge in [-0.05, 0) is 37.0 Å². The smallest absolute Gasteiger partial charge is 0.378 e. The van der Waals surface area contributed by atoms with Crippen LogP contribution in [0.5, 0.6) is 0 Å². The summed E-state index contributed by atoms with van der Waals surface area (Å²) >= 11 is 0. The number of rotatable bonds is 5. The minimum atomic E-state index is -4.05. The predicted molar refractivity (Wildman–Crippen MR) is 66.2 cm³/mol. The van der Waals surface area contributed by atoms with Gasteiger partial charge in [0.1, 0.15) is 0 Å². The third-order valence-electron chi connectivity index (χ3n) is 4.53. The normalized spacial score (nSPS) is 30.6. The molecule has 2 saturated carbocycles. The molecule has 0 saturated heterocycles. The van der Waals surface area contributed by atoms with Gasteiger partial charge in [0.25, 0.3) is 0 Å². The maximum absolute atomic E-state index is 13.6. The first kappa shape index (κ1) is 15.2. The number of alkyl halides is 2. The van der Waals surface area contributed by atoms with Crippen molar-refractivity contribution >= 4 is 11.9 Å². The molecule has 20 heavy (non-hydrogen) atoms. The highest BCUT2D eigenvalue weighted by atomic mass is 19.3. The Morgan fingerprint density at radius 2 is 1.90 bits per heavy atom. The number of carboxylic acids is 1. The van der Waals surface area contributed by atoms with Crippen LogP contribution < -0.4 is 0 Å². The van der Waals surface area contributed by atoms with Gasteiger partial charge in [0, 0.05) is 0 Å². The van der Waals surface area contributed by atoms with Crippen LogP contribution in [-0.4, -0.2) is 29.1 Å². The van der Waals surface area contributed by atoms with E-state index in [1.807, 2.05) is 0 Å². The Bertz CT molecular complexity index is 408. The topological polar surface area (TPSA) is 63.6 Å². The van der Waals surface area contributed by atoms with Crippen molar-refractivity contribution in [1.29, 1.82) is 0 Å². The second-order valence-corrected chi connectivity index (χ2v) is 6.31. The van der Waals surface area contributed by atoms with Crippen LogP contribution in [0.4, 0.5) is 8.78 Å². The van der Waals surface area contributed by atoms with Gasteiger partial charge in [0.05, 0.1) is 5.92 Å². The molecule has 3 unspecified atom stereocenters. The number of esters is 1. The van der Waals surface area contributed by atoms with Crippen molar-refractivity contribution in [2.24, 2.45) is 23.7 Å². The fourth-order valence-corrected chi connectivity index (χ4v) is 3.50. The molecule has 0 radical (unpaired) electrons. The number of carboxylic acid groups (broad SMARTS) is 1. The molecule has 2 rings (SSSR count). The van der Waals surface area contributed by atoms with Crippen molar-refractivity contribution in [2.45, 2.75) is 51.6 Å². The van der Waals surface area contributed by atoms with Crippen molar-refractivity contribution in [2.75, 3.05) is 0 Å². The molecule has 0 aliphatic heterocycles. The van der Waals surface area contributed by atoms with E-state index in [0.29, 0.717) is 12.3 Å². The highest BCUT2D eigenvalue weighted by Gasteiger charge is 2.53. The maximum Gasteiger partial charge on any atom is 0.378 e. The zero-order chi connectivity index (χ0) is 15.1. The van der Waals surface area contributed by atoms with Gasteiger partial charge in [-0.25, -0.2) is 4.79 Å². The molecule has 2 fully saturated rings. The molecule has 6 heteroatoms. The molecular weight excluding hydrogens is 270 g/mol. The molecule has 114 valence electrons. The number of ether oxygens (including phenoxy) is 1. The van der Waals surface area contributed by atoms with E-state index in [-0.39, 0.29) is 11.8 Å². The summed E-state index contributed by atoms with van der Waals surface area (Å²) in [6, 6.07) is 0. The average molecular weight is 290 g/mol. The van der Waals surface area contributed by atoms with Gasteiger partial charge in [-0.1, -0.05) is 20.3 Å². The first-order valence-corrected chi connectivity index (χ1v) is 7.05. The third-order valence-corrected chi connectivity index (χ3v) is 4.53. The highest BCUT2D eigenvalue weighted by Crippen LogP contribution is 2.49. The van der Waals surface area contributed by atoms with E-state index in [9.17, 15) is 18.4 Å². The number of carbonyl (C=O) groups is 2. The van der Waals surface area contributed by atoms with E-state index in [1.165, 1.54) is 13.8 Å². The van der Waals surface area contributed by atoms with Crippen LogP contribution in [0.15, 0.2) is 0 Å². The van der Waals surface area contributed by atoms with Crippen LogP contribution in [0.3, 0.4) is 0 Å². The molecule has 0 aromatic heterocycles. The zero-order valence-electron chi connectivity index (χ0n) is 11.6. The van der Waals surface area contributed by atoms with Gasteiger partial charge in [0.2, 0.25) is 0 Å². The number of carbonyl (C=O) groups excluding carboxylic acids is 1. The summed E-state index contributed by atoms with van der Waals surface area (Å²) in [5.41, 5.74) is 0. The number of hydrogen-bond donors (Lipinski definition) is 1. The molecule has 1 N–H and O–H groups in total. The largest absolute Gasteiger partial charge is 0.477 e. The lowest BCUT2D eigenvalue weighted by Crippen LogP contribution is -2.48. The Hall–Kier alpha value is -1.20. The van der Waals surface area contributed by atoms with Gasteiger partial charge in [0.15, 0.2) is 6.10 Å². The lowest BCUT2D eigenvalue weighted by atomic mass is 9.89. The Labute approximate surface area is 116 Å². The summed E-state index contributed by atoms with van der Waals surface area (Å²) in [6.45, 7) is 2.85. The highest BCUT2D eigenvalue weighted by molar-refractivity contribution is 5.78. The summed E-state index contributed by atoms with van der Waals surface area (Å²) in [5, 5.41) is 8.60. The Balaban J connectivity index is 2.05. The van der Waals surface area contributed by atoms with E-state index < -0.39 is 29.9 Å². The molecule has 0 heterocycles. The summed E-state index contributed by atoms with van der Waals surface area (Å²) < 4.78 is 32.1. The minimum Gasteiger partial charge on any atom is -0.477 e. The lowest BCUT2D eigenvalue weighted by molar-refractivity contribution is -0.202. The number of fused-ring (bicyclic) bond motifs is 2. The van der Waals surface area contributed by atoms with E-state index in [2.05, 4.69) is 0 Å². The molecule has 0 aromatic rings. The van der Waals surface area contributed by atoms with Crippen LogP contribution >= 0.6 is 0 Å². The van der Waals surface area contributed by atoms with Gasteiger partial charge in [-0.3, -0.25) is 4.79 Å². The SMILES string of the molecule is CC(C)C(OC(=O)C1C[C@@H]2CCC1C2)C(F)(F)C(=O)O. The van der Waals surface area contributed by atoms with Crippen molar-refractivity contribution < 1.29 is 28.2 Å². The van der Waals surface area contributed by atoms with Crippen molar-refractivity contribution in [3.63, 3.8) is 0 Å². The molecule has 0 amide bonds. The van der Waals surface area contributed by atoms with Gasteiger partial charge >= 0.3 is 17.9 Å². The number of hydrogen-bond acceptors (Lipinski definition) is 3. The average Bonchev–Trinajstić information content (AvgIpc) is 2.96. The standard InChI is InChI=1S/C14H20F2O4/c1-7(2)11(14(15,16)13(18)19)20-12(17)10-6-8-3-4-9(10)5-8/h7-11H,3-6H2,1-2H3,(H,18,19)/t8-,9?,10?,11?/m1/s1. The van der Waals surface area contributed by atoms with Crippen LogP contribution in [0.25, 0.3) is 0 Å². The molecule has 0 aromatic carbocycles. The summed E-state index contributed by atoms with van der Waals surface area (Å²) in [4.78, 5) is 22.7. The predicted octanol–water partition coefficient (Wildman–Crippen LogP) is 2.71. The molecule has 2 aliphatic rings. The van der Waals surface area contributed by atoms with Gasteiger partial charge in [-0.15, -0.1) is 0 Å². The molecule has 2 bridgehead atoms. The monoisotopic (exact) mass is 290 g/mol. The fraction of sp³-hybridized carbons (Fsp3) is 0.857. The van der Waals surface area contributed by atoms with Gasteiger partial charge in [-0.2, -0.15) is 8.78 Å². The first-order valence-electron chi connectivity index (χ1n) is 7.05. The van der Waals surface area contributed by atoms with E-state index in [0.717, 1.165) is 19.3 Å². The lowest BCUT2D eigenvalue weighted by Gasteiger charge is -2.29. The van der Waals surface area contributed by atoms with Crippen LogP contribution in [0.1, 0.15) is 39.5 Å². The molecular formula is C14H20F2O4. The number of halogens is 2. The number of aliphatic carboxylic acids is 1. The van der Waals surface area contributed by atoms with Crippen molar-refractivity contribution in [3.05, 3.63) is 0 Å². The molecule has 4 nitrogen and oxygen atoms in total. The van der Waals surface area contributed by atoms with Crippen LogP contribution in [0, 0.1) is 23.7 Å². The van der Waals surface area contributed by atoms with Crippen LogP contribution in [0.2, 0.25) is 0 Å². The minimum absolute atomic E-state index is 0.221. The molecule has 2 aliphatic carbocycles. The van der Waals surface area contributed by atoms with E-state index in [1.54, 1.807) is 0 Å². The Kier molecular flexibility index (Phi) is 4.02. The summed E-state index contributed by atoms with van der Waals surface area (Å²) in [5.74, 6) is -7.34. The second-order valence-electron chi connectivity index (χ2n) is 6.31. The second kappa shape index (κ2) is 5.30. The van der Waals surface area contributed by atoms with Crippen molar-refractivity contribution in [1.82, 2.24) is 0 Å². The van der Waals surface area contributed by atoms with Crippen molar-refractivity contribution in [3.8, 4) is 0 Å². The third kappa shape index (κ3) is 2.65. The maximum atomic E-state index is 13.6. The van der Waals surface area contributed by atoms with Crippen LogP contribution in [-0.2, 0) is 14.3 Å². The Morgan fingerprint density at radius 3 is 2.30 bits per heavy atom. The fourth-order valence-electron chi connectivity index (χ4n) is 3.50. The van der Waals surface area contributed by atoms with Gasteiger partial charge < -0.3 is 9.84 Å². The van der Waals surface area contributed by atoms with E-state index in [4.69, 9.17) is 9.84 Å². The summed E-state index contributed by atoms with van der Waals surface area (Å²) in [7, 11) is 0. The first-order chi connectivity index (χ1) is 9.23. The Morgan fingerprint density at radius 1 is 1.25 bits per heavy atom. The zero-order valence-corrected chi connectivity index (χ0v) is 11.6. The summed E-state index contributed by atoms with van der Waals surface area (Å²) in [6.07, 6.45) is 1.76. The quantitative estimate of drug-likeness (QED) is 0.791. The molecule has 4 atom stereocenters. The van der Waals surface area contributed by atoms with E-state index >= 15 is 0 Å².